The van der Waals surface area contributed by atoms with Gasteiger partial charge in [-0.2, -0.15) is 5.26 Å². The Morgan fingerprint density at radius 2 is 1.87 bits per heavy atom. The van der Waals surface area contributed by atoms with E-state index < -0.39 is 5.92 Å². The third kappa shape index (κ3) is 3.61. The van der Waals surface area contributed by atoms with Crippen LogP contribution in [0.3, 0.4) is 0 Å². The maximum Gasteiger partial charge on any atom is 0.205 e. The van der Waals surface area contributed by atoms with Crippen LogP contribution in [-0.4, -0.2) is 12.2 Å². The van der Waals surface area contributed by atoms with E-state index in [1.807, 2.05) is 48.5 Å². The molecule has 0 radical (unpaired) electrons. The summed E-state index contributed by atoms with van der Waals surface area (Å²) >= 11 is 0. The van der Waals surface area contributed by atoms with Crippen molar-refractivity contribution in [1.82, 2.24) is 0 Å². The minimum atomic E-state index is -0.448. The predicted octanol–water partition coefficient (Wildman–Crippen LogP) is 4.20. The summed E-state index contributed by atoms with van der Waals surface area (Å²) in [5, 5.41) is 19.5. The quantitative estimate of drug-likeness (QED) is 0.666. The van der Waals surface area contributed by atoms with Gasteiger partial charge in [-0.1, -0.05) is 42.5 Å². The van der Waals surface area contributed by atoms with E-state index >= 15 is 0 Å². The number of ether oxygens (including phenoxy) is 3. The number of fused-ring (bicyclic) bond motifs is 1. The second kappa shape index (κ2) is 8.10. The predicted molar refractivity (Wildman–Crippen MR) is 111 cm³/mol. The zero-order valence-electron chi connectivity index (χ0n) is 16.3. The van der Waals surface area contributed by atoms with Crippen LogP contribution in [0.2, 0.25) is 0 Å². The van der Waals surface area contributed by atoms with Crippen molar-refractivity contribution >= 4 is 0 Å². The highest BCUT2D eigenvalue weighted by Gasteiger charge is 2.31. The Morgan fingerprint density at radius 1 is 1.07 bits per heavy atom. The minimum Gasteiger partial charge on any atom is -0.508 e. The third-order valence-corrected chi connectivity index (χ3v) is 4.96. The molecule has 6 heteroatoms. The zero-order valence-corrected chi connectivity index (χ0v) is 16.3. The zero-order chi connectivity index (χ0) is 21.1. The fraction of sp³-hybridized carbons (Fsp3) is 0.125. The van der Waals surface area contributed by atoms with Gasteiger partial charge in [0.2, 0.25) is 5.88 Å². The molecule has 0 unspecified atom stereocenters. The van der Waals surface area contributed by atoms with Crippen molar-refractivity contribution in [1.29, 1.82) is 5.26 Å². The van der Waals surface area contributed by atoms with Crippen LogP contribution in [0.25, 0.3) is 0 Å². The monoisotopic (exact) mass is 400 g/mol. The molecular weight excluding hydrogens is 380 g/mol. The van der Waals surface area contributed by atoms with Crippen molar-refractivity contribution in [3.05, 3.63) is 94.9 Å². The number of nitrogens with zero attached hydrogens (tertiary/aromatic N) is 1. The summed E-state index contributed by atoms with van der Waals surface area (Å²) in [5.41, 5.74) is 8.87. The molecule has 3 aromatic carbocycles. The summed E-state index contributed by atoms with van der Waals surface area (Å²) in [4.78, 5) is 0. The SMILES string of the molecule is COc1cc([C@@H]2C(C#N)=C(N)Oc3cc(O)ccc32)ccc1OCc1ccccc1. The molecule has 30 heavy (non-hydrogen) atoms. The van der Waals surface area contributed by atoms with Gasteiger partial charge in [0.05, 0.1) is 13.0 Å². The topological polar surface area (TPSA) is 97.7 Å². The molecule has 0 saturated carbocycles. The van der Waals surface area contributed by atoms with E-state index in [1.54, 1.807) is 19.2 Å². The van der Waals surface area contributed by atoms with Crippen LogP contribution in [0, 0.1) is 11.3 Å². The number of phenols is 1. The maximum absolute atomic E-state index is 9.79. The molecule has 1 aliphatic heterocycles. The Labute approximate surface area is 174 Å². The first-order chi connectivity index (χ1) is 14.6. The van der Waals surface area contributed by atoms with Crippen LogP contribution in [-0.2, 0) is 6.61 Å². The summed E-state index contributed by atoms with van der Waals surface area (Å²) in [7, 11) is 1.57. The summed E-state index contributed by atoms with van der Waals surface area (Å²) < 4.78 is 17.0. The second-order valence-corrected chi connectivity index (χ2v) is 6.83. The van der Waals surface area contributed by atoms with Crippen LogP contribution in [0.1, 0.15) is 22.6 Å². The van der Waals surface area contributed by atoms with E-state index in [4.69, 9.17) is 19.9 Å². The Bertz CT molecular complexity index is 1150. The number of hydrogen-bond donors (Lipinski definition) is 2. The average Bonchev–Trinajstić information content (AvgIpc) is 2.77. The molecule has 0 bridgehead atoms. The standard InChI is InChI=1S/C24H20N2O4/c1-28-22-11-16(7-10-20(22)29-14-15-5-3-2-4-6-15)23-18-9-8-17(27)12-21(18)30-24(26)19(23)13-25/h2-12,23,27H,14,26H2,1H3/t23-/m0/s1. The van der Waals surface area contributed by atoms with E-state index in [1.165, 1.54) is 6.07 Å². The van der Waals surface area contributed by atoms with Gasteiger partial charge in [0.1, 0.15) is 29.7 Å². The molecule has 0 spiro atoms. The highest BCUT2D eigenvalue weighted by atomic mass is 16.5. The lowest BCUT2D eigenvalue weighted by atomic mass is 9.83. The van der Waals surface area contributed by atoms with Crippen molar-refractivity contribution < 1.29 is 19.3 Å². The summed E-state index contributed by atoms with van der Waals surface area (Å²) in [5.74, 6) is 1.19. The van der Waals surface area contributed by atoms with Crippen molar-refractivity contribution in [2.75, 3.05) is 7.11 Å². The average molecular weight is 400 g/mol. The molecular formula is C24H20N2O4. The van der Waals surface area contributed by atoms with Gasteiger partial charge in [-0.3, -0.25) is 0 Å². The van der Waals surface area contributed by atoms with Gasteiger partial charge in [-0.15, -0.1) is 0 Å². The summed E-state index contributed by atoms with van der Waals surface area (Å²) in [6, 6.07) is 22.3. The number of allylic oxidation sites excluding steroid dienone is 1. The Kier molecular flexibility index (Phi) is 5.19. The van der Waals surface area contributed by atoms with Crippen LogP contribution in [0.15, 0.2) is 78.2 Å². The van der Waals surface area contributed by atoms with Gasteiger partial charge in [0, 0.05) is 11.6 Å². The molecule has 0 fully saturated rings. The van der Waals surface area contributed by atoms with Crippen LogP contribution in [0.4, 0.5) is 0 Å². The van der Waals surface area contributed by atoms with Crippen molar-refractivity contribution in [3.8, 4) is 29.1 Å². The number of benzene rings is 3. The number of aromatic hydroxyl groups is 1. The Hall–Kier alpha value is -4.11. The molecule has 0 aromatic heterocycles. The Balaban J connectivity index is 1.70. The lowest BCUT2D eigenvalue weighted by Crippen LogP contribution is -2.21. The number of methoxy groups -OCH3 is 1. The van der Waals surface area contributed by atoms with Crippen molar-refractivity contribution in [3.63, 3.8) is 0 Å². The first-order valence-electron chi connectivity index (χ1n) is 9.36. The highest BCUT2D eigenvalue weighted by molar-refractivity contribution is 5.58. The lowest BCUT2D eigenvalue weighted by Gasteiger charge is -2.27. The largest absolute Gasteiger partial charge is 0.508 e. The molecule has 3 aromatic rings. The summed E-state index contributed by atoms with van der Waals surface area (Å²) in [6.07, 6.45) is 0. The van der Waals surface area contributed by atoms with Crippen LogP contribution in [0.5, 0.6) is 23.0 Å². The molecule has 1 aliphatic rings. The highest BCUT2D eigenvalue weighted by Crippen LogP contribution is 2.44. The molecule has 150 valence electrons. The van der Waals surface area contributed by atoms with Crippen molar-refractivity contribution in [2.45, 2.75) is 12.5 Å². The fourth-order valence-electron chi connectivity index (χ4n) is 3.51. The second-order valence-electron chi connectivity index (χ2n) is 6.83. The van der Waals surface area contributed by atoms with Gasteiger partial charge < -0.3 is 25.1 Å². The number of nitriles is 1. The molecule has 0 amide bonds. The molecule has 4 rings (SSSR count). The van der Waals surface area contributed by atoms with Gasteiger partial charge >= 0.3 is 0 Å². The fourth-order valence-corrected chi connectivity index (χ4v) is 3.51. The smallest absolute Gasteiger partial charge is 0.205 e. The van der Waals surface area contributed by atoms with E-state index in [0.29, 0.717) is 29.4 Å². The minimum absolute atomic E-state index is 0.0176. The van der Waals surface area contributed by atoms with E-state index in [9.17, 15) is 10.4 Å². The molecule has 1 heterocycles. The molecule has 6 nitrogen and oxygen atoms in total. The van der Waals surface area contributed by atoms with E-state index in [2.05, 4.69) is 6.07 Å². The van der Waals surface area contributed by atoms with Gasteiger partial charge in [-0.05, 0) is 29.3 Å². The number of nitrogens with two attached hydrogens (primary N) is 1. The van der Waals surface area contributed by atoms with Crippen molar-refractivity contribution in [2.24, 2.45) is 5.73 Å². The molecule has 0 saturated heterocycles. The van der Waals surface area contributed by atoms with Gasteiger partial charge in [0.25, 0.3) is 0 Å². The normalized spacial score (nSPS) is 15.0. The number of rotatable bonds is 5. The number of hydrogen-bond acceptors (Lipinski definition) is 6. The third-order valence-electron chi connectivity index (χ3n) is 4.96. The lowest BCUT2D eigenvalue weighted by molar-refractivity contribution is 0.284. The molecule has 3 N–H and O–H groups in total. The van der Waals surface area contributed by atoms with Crippen LogP contribution < -0.4 is 19.9 Å². The first kappa shape index (κ1) is 19.2. The molecule has 0 aliphatic carbocycles. The van der Waals surface area contributed by atoms with E-state index in [0.717, 1.165) is 16.7 Å². The van der Waals surface area contributed by atoms with Gasteiger partial charge in [0.15, 0.2) is 11.5 Å². The molecule has 1 atom stereocenters. The number of phenolic OH excluding ortho intramolecular Hbond substituents is 1. The van der Waals surface area contributed by atoms with E-state index in [-0.39, 0.29) is 11.6 Å². The first-order valence-corrected chi connectivity index (χ1v) is 9.36. The van der Waals surface area contributed by atoms with Crippen LogP contribution >= 0.6 is 0 Å². The Morgan fingerprint density at radius 3 is 2.60 bits per heavy atom. The maximum atomic E-state index is 9.79. The summed E-state index contributed by atoms with van der Waals surface area (Å²) in [6.45, 7) is 0.409. The van der Waals surface area contributed by atoms with Gasteiger partial charge in [-0.25, -0.2) is 0 Å².